The van der Waals surface area contributed by atoms with Crippen LogP contribution in [-0.4, -0.2) is 19.7 Å². The Hall–Kier alpha value is -3.05. The van der Waals surface area contributed by atoms with Gasteiger partial charge in [0.15, 0.2) is 10.6 Å². The van der Waals surface area contributed by atoms with Gasteiger partial charge < -0.3 is 0 Å². The molecule has 4 aromatic rings. The van der Waals surface area contributed by atoms with Gasteiger partial charge >= 0.3 is 0 Å². The van der Waals surface area contributed by atoms with Crippen molar-refractivity contribution in [3.8, 4) is 22.6 Å². The highest BCUT2D eigenvalue weighted by Gasteiger charge is 2.14. The number of nitrogens with one attached hydrogen (secondary N) is 1. The molecular weight excluding hydrogens is 328 g/mol. The molecule has 0 atom stereocenters. The predicted molar refractivity (Wildman–Crippen MR) is 104 cm³/mol. The molecule has 0 saturated heterocycles. The molecule has 0 aliphatic rings. The van der Waals surface area contributed by atoms with Crippen LogP contribution in [0.5, 0.6) is 0 Å². The van der Waals surface area contributed by atoms with Crippen molar-refractivity contribution >= 4 is 23.1 Å². The van der Waals surface area contributed by atoms with E-state index in [4.69, 9.17) is 17.2 Å². The third-order valence-electron chi connectivity index (χ3n) is 4.10. The second-order valence-electron chi connectivity index (χ2n) is 5.69. The van der Waals surface area contributed by atoms with E-state index in [-0.39, 0.29) is 0 Å². The molecular formula is C20H16N4S. The van der Waals surface area contributed by atoms with Crippen LogP contribution in [0.1, 0.15) is 0 Å². The van der Waals surface area contributed by atoms with Gasteiger partial charge in [0.25, 0.3) is 0 Å². The monoisotopic (exact) mass is 344 g/mol. The van der Waals surface area contributed by atoms with E-state index in [0.717, 1.165) is 33.5 Å². The Kier molecular flexibility index (Phi) is 3.99. The van der Waals surface area contributed by atoms with Crippen LogP contribution in [0.3, 0.4) is 0 Å². The first-order valence-electron chi connectivity index (χ1n) is 7.99. The van der Waals surface area contributed by atoms with Crippen molar-refractivity contribution < 1.29 is 0 Å². The number of nitrogens with zero attached hydrogens (tertiary/aromatic N) is 3. The molecule has 0 saturated carbocycles. The zero-order valence-electron chi connectivity index (χ0n) is 13.5. The second-order valence-corrected chi connectivity index (χ2v) is 6.08. The molecule has 0 bridgehead atoms. The van der Waals surface area contributed by atoms with Gasteiger partial charge in [-0.15, -0.1) is 6.58 Å². The van der Waals surface area contributed by atoms with E-state index in [2.05, 4.69) is 41.0 Å². The molecule has 2 aromatic heterocycles. The molecule has 2 aromatic carbocycles. The minimum Gasteiger partial charge on any atom is -0.296 e. The Morgan fingerprint density at radius 3 is 2.64 bits per heavy atom. The molecule has 0 fully saturated rings. The van der Waals surface area contributed by atoms with E-state index in [9.17, 15) is 0 Å². The van der Waals surface area contributed by atoms with Gasteiger partial charge in [-0.3, -0.25) is 9.67 Å². The van der Waals surface area contributed by atoms with Crippen molar-refractivity contribution in [1.82, 2.24) is 19.7 Å². The molecule has 0 spiro atoms. The first-order chi connectivity index (χ1) is 12.3. The minimum absolute atomic E-state index is 0.581. The maximum atomic E-state index is 5.37. The van der Waals surface area contributed by atoms with Crippen molar-refractivity contribution in [2.24, 2.45) is 0 Å². The SMILES string of the molecule is C=CCn1c(-c2cc(-c3ccccc3)nc3ccccc23)n[nH]c1=S. The fourth-order valence-corrected chi connectivity index (χ4v) is 3.15. The van der Waals surface area contributed by atoms with Gasteiger partial charge in [0, 0.05) is 23.1 Å². The lowest BCUT2D eigenvalue weighted by atomic mass is 10.0. The number of benzene rings is 2. The van der Waals surface area contributed by atoms with Crippen molar-refractivity contribution in [1.29, 1.82) is 0 Å². The third-order valence-corrected chi connectivity index (χ3v) is 4.41. The molecule has 2 heterocycles. The Labute approximate surface area is 150 Å². The summed E-state index contributed by atoms with van der Waals surface area (Å²) in [5, 5.41) is 8.39. The molecule has 0 unspecified atom stereocenters. The summed E-state index contributed by atoms with van der Waals surface area (Å²) in [6, 6.07) is 20.3. The van der Waals surface area contributed by atoms with E-state index in [1.807, 2.05) is 47.0 Å². The maximum absolute atomic E-state index is 5.37. The van der Waals surface area contributed by atoms with Gasteiger partial charge in [0.1, 0.15) is 0 Å². The Balaban J connectivity index is 2.03. The number of hydrogen-bond donors (Lipinski definition) is 1. The molecule has 0 aliphatic heterocycles. The van der Waals surface area contributed by atoms with E-state index >= 15 is 0 Å². The Morgan fingerprint density at radius 2 is 1.84 bits per heavy atom. The van der Waals surface area contributed by atoms with E-state index in [0.29, 0.717) is 11.3 Å². The number of para-hydroxylation sites is 1. The summed E-state index contributed by atoms with van der Waals surface area (Å²) in [5.74, 6) is 0.792. The molecule has 0 radical (unpaired) electrons. The van der Waals surface area contributed by atoms with Crippen LogP contribution < -0.4 is 0 Å². The Morgan fingerprint density at radius 1 is 1.08 bits per heavy atom. The lowest BCUT2D eigenvalue weighted by molar-refractivity contribution is 0.814. The zero-order valence-corrected chi connectivity index (χ0v) is 14.3. The standard InChI is InChI=1S/C20H16N4S/c1-2-12-24-19(22-23-20(24)25)16-13-18(14-8-4-3-5-9-14)21-17-11-7-6-10-15(16)17/h2-11,13H,1,12H2,(H,23,25). The molecule has 0 aliphatic carbocycles. The molecule has 4 nitrogen and oxygen atoms in total. The number of aromatic nitrogens is 4. The van der Waals surface area contributed by atoms with Crippen LogP contribution in [0.15, 0.2) is 73.3 Å². The fourth-order valence-electron chi connectivity index (χ4n) is 2.94. The topological polar surface area (TPSA) is 46.5 Å². The summed E-state index contributed by atoms with van der Waals surface area (Å²) < 4.78 is 2.52. The lowest BCUT2D eigenvalue weighted by Crippen LogP contribution is -2.00. The summed E-state index contributed by atoms with van der Waals surface area (Å²) in [6.45, 7) is 4.42. The molecule has 1 N–H and O–H groups in total. The van der Waals surface area contributed by atoms with Gasteiger partial charge in [-0.25, -0.2) is 4.98 Å². The third kappa shape index (κ3) is 2.79. The first-order valence-corrected chi connectivity index (χ1v) is 8.40. The summed E-state index contributed by atoms with van der Waals surface area (Å²) in [4.78, 5) is 4.82. The van der Waals surface area contributed by atoms with Crippen molar-refractivity contribution in [2.45, 2.75) is 6.54 Å². The molecule has 5 heteroatoms. The highest BCUT2D eigenvalue weighted by Crippen LogP contribution is 2.31. The summed E-state index contributed by atoms with van der Waals surface area (Å²) in [6.07, 6.45) is 1.82. The molecule has 122 valence electrons. The van der Waals surface area contributed by atoms with Crippen LogP contribution >= 0.6 is 12.2 Å². The van der Waals surface area contributed by atoms with Crippen LogP contribution in [0.25, 0.3) is 33.5 Å². The van der Waals surface area contributed by atoms with Crippen molar-refractivity contribution in [2.75, 3.05) is 0 Å². The number of rotatable bonds is 4. The highest BCUT2D eigenvalue weighted by atomic mass is 32.1. The van der Waals surface area contributed by atoms with E-state index in [1.54, 1.807) is 0 Å². The van der Waals surface area contributed by atoms with Crippen LogP contribution in [-0.2, 0) is 6.54 Å². The number of fused-ring (bicyclic) bond motifs is 1. The number of hydrogen-bond acceptors (Lipinski definition) is 3. The zero-order chi connectivity index (χ0) is 17.2. The van der Waals surface area contributed by atoms with Crippen molar-refractivity contribution in [3.05, 3.63) is 78.1 Å². The lowest BCUT2D eigenvalue weighted by Gasteiger charge is -2.10. The summed E-state index contributed by atoms with van der Waals surface area (Å²) in [7, 11) is 0. The van der Waals surface area contributed by atoms with E-state index in [1.165, 1.54) is 0 Å². The molecule has 25 heavy (non-hydrogen) atoms. The summed E-state index contributed by atoms with van der Waals surface area (Å²) >= 11 is 5.37. The average Bonchev–Trinajstić information content (AvgIpc) is 3.02. The smallest absolute Gasteiger partial charge is 0.195 e. The van der Waals surface area contributed by atoms with Gasteiger partial charge in [-0.05, 0) is 24.4 Å². The maximum Gasteiger partial charge on any atom is 0.195 e. The fraction of sp³-hybridized carbons (Fsp3) is 0.0500. The Bertz CT molecular complexity index is 1110. The number of allylic oxidation sites excluding steroid dienone is 1. The molecule has 4 rings (SSSR count). The van der Waals surface area contributed by atoms with Gasteiger partial charge in [0.05, 0.1) is 11.2 Å². The first kappa shape index (κ1) is 15.5. The number of H-pyrrole nitrogens is 1. The van der Waals surface area contributed by atoms with Crippen LogP contribution in [0.2, 0.25) is 0 Å². The van der Waals surface area contributed by atoms with E-state index < -0.39 is 0 Å². The van der Waals surface area contributed by atoms with Crippen LogP contribution in [0.4, 0.5) is 0 Å². The quantitative estimate of drug-likeness (QED) is 0.418. The van der Waals surface area contributed by atoms with Gasteiger partial charge in [0.2, 0.25) is 0 Å². The van der Waals surface area contributed by atoms with Gasteiger partial charge in [-0.1, -0.05) is 54.6 Å². The molecule has 0 amide bonds. The van der Waals surface area contributed by atoms with Crippen LogP contribution in [0, 0.1) is 4.77 Å². The largest absolute Gasteiger partial charge is 0.296 e. The second kappa shape index (κ2) is 6.45. The normalized spacial score (nSPS) is 10.9. The van der Waals surface area contributed by atoms with Gasteiger partial charge in [-0.2, -0.15) is 5.10 Å². The number of pyridine rings is 1. The minimum atomic E-state index is 0.581. The van der Waals surface area contributed by atoms with Crippen molar-refractivity contribution in [3.63, 3.8) is 0 Å². The predicted octanol–water partition coefficient (Wildman–Crippen LogP) is 5.01. The number of aromatic amines is 1. The average molecular weight is 344 g/mol. The summed E-state index contributed by atoms with van der Waals surface area (Å²) in [5.41, 5.74) is 3.91. The highest BCUT2D eigenvalue weighted by molar-refractivity contribution is 7.71.